The summed E-state index contributed by atoms with van der Waals surface area (Å²) in [5.74, 6) is -1.14. The molecule has 0 radical (unpaired) electrons. The molecule has 140 valence electrons. The molecule has 7 heteroatoms. The fourth-order valence-corrected chi connectivity index (χ4v) is 2.72. The van der Waals surface area contributed by atoms with E-state index in [0.29, 0.717) is 11.3 Å². The summed E-state index contributed by atoms with van der Waals surface area (Å²) < 4.78 is 6.84. The van der Waals surface area contributed by atoms with Crippen LogP contribution in [0, 0.1) is 0 Å². The van der Waals surface area contributed by atoms with Crippen LogP contribution in [0.5, 0.6) is 0 Å². The van der Waals surface area contributed by atoms with E-state index in [4.69, 9.17) is 4.74 Å². The van der Waals surface area contributed by atoms with Gasteiger partial charge in [0.2, 0.25) is 0 Å². The lowest BCUT2D eigenvalue weighted by molar-refractivity contribution is -0.142. The predicted molar refractivity (Wildman–Crippen MR) is 96.7 cm³/mol. The van der Waals surface area contributed by atoms with E-state index in [1.165, 1.54) is 7.05 Å². The molecule has 0 aliphatic rings. The number of hydrogen-bond donors (Lipinski definition) is 1. The van der Waals surface area contributed by atoms with Gasteiger partial charge in [0, 0.05) is 31.3 Å². The fourth-order valence-electron chi connectivity index (χ4n) is 2.72. The topological polar surface area (TPSA) is 84.7 Å². The number of carboxylic acid groups (broad SMARTS) is 1. The van der Waals surface area contributed by atoms with E-state index < -0.39 is 18.1 Å². The summed E-state index contributed by atoms with van der Waals surface area (Å²) in [6.07, 6.45) is 0.935. The first-order valence-corrected chi connectivity index (χ1v) is 8.31. The highest BCUT2D eigenvalue weighted by molar-refractivity contribution is 5.81. The highest BCUT2D eigenvalue weighted by Gasteiger charge is 2.35. The average Bonchev–Trinajstić information content (AvgIpc) is 2.95. The van der Waals surface area contributed by atoms with Gasteiger partial charge in [0.15, 0.2) is 6.04 Å². The molecule has 1 aromatic heterocycles. The van der Waals surface area contributed by atoms with Crippen LogP contribution >= 0.6 is 0 Å². The number of aryl methyl sites for hydroxylation is 1. The number of carboxylic acids is 1. The van der Waals surface area contributed by atoms with Gasteiger partial charge in [-0.15, -0.1) is 0 Å². The number of likely N-dealkylation sites (N-methyl/N-ethyl adjacent to an activating group) is 1. The van der Waals surface area contributed by atoms with Crippen molar-refractivity contribution in [3.05, 3.63) is 53.3 Å². The Bertz CT molecular complexity index is 778. The molecule has 0 saturated carbocycles. The Morgan fingerprint density at radius 2 is 1.88 bits per heavy atom. The van der Waals surface area contributed by atoms with Gasteiger partial charge in [-0.05, 0) is 5.56 Å². The van der Waals surface area contributed by atoms with Crippen LogP contribution < -0.4 is 0 Å². The molecule has 0 saturated heterocycles. The van der Waals surface area contributed by atoms with Gasteiger partial charge in [0.25, 0.3) is 0 Å². The lowest BCUT2D eigenvalue weighted by atomic mass is 9.87. The molecule has 0 aliphatic heterocycles. The minimum atomic E-state index is -1.18. The van der Waals surface area contributed by atoms with Crippen molar-refractivity contribution in [1.29, 1.82) is 0 Å². The van der Waals surface area contributed by atoms with Crippen LogP contribution in [0.3, 0.4) is 0 Å². The van der Waals surface area contributed by atoms with Crippen molar-refractivity contribution in [3.8, 4) is 0 Å². The van der Waals surface area contributed by atoms with E-state index in [9.17, 15) is 14.7 Å². The molecule has 7 nitrogen and oxygen atoms in total. The first-order valence-electron chi connectivity index (χ1n) is 8.31. The maximum Gasteiger partial charge on any atom is 0.410 e. The van der Waals surface area contributed by atoms with Crippen molar-refractivity contribution in [2.24, 2.45) is 7.05 Å². The van der Waals surface area contributed by atoms with Gasteiger partial charge in [-0.25, -0.2) is 9.59 Å². The van der Waals surface area contributed by atoms with Crippen LogP contribution in [0.25, 0.3) is 0 Å². The summed E-state index contributed by atoms with van der Waals surface area (Å²) in [4.78, 5) is 25.4. The number of nitrogens with zero attached hydrogens (tertiary/aromatic N) is 3. The standard InChI is InChI=1S/C19H25N3O4/c1-19(2,3)16-14(11-21(4)20-16)15(17(23)24)22(5)18(25)26-12-13-9-7-6-8-10-13/h6-11,15H,12H2,1-5H3,(H,23,24). The predicted octanol–water partition coefficient (Wildman–Crippen LogP) is 3.11. The van der Waals surface area contributed by atoms with Crippen molar-refractivity contribution in [2.45, 2.75) is 38.8 Å². The second-order valence-electron chi connectivity index (χ2n) is 7.25. The molecule has 1 aromatic carbocycles. The number of carbonyl (C=O) groups excluding carboxylic acids is 1. The third-order valence-corrected chi connectivity index (χ3v) is 3.98. The van der Waals surface area contributed by atoms with Gasteiger partial charge in [0.05, 0.1) is 5.69 Å². The Kier molecular flexibility index (Phi) is 5.69. The van der Waals surface area contributed by atoms with Crippen molar-refractivity contribution >= 4 is 12.1 Å². The number of carbonyl (C=O) groups is 2. The monoisotopic (exact) mass is 359 g/mol. The molecular formula is C19H25N3O4. The lowest BCUT2D eigenvalue weighted by Crippen LogP contribution is -2.37. The summed E-state index contributed by atoms with van der Waals surface area (Å²) in [6.45, 7) is 5.93. The molecule has 1 heterocycles. The molecule has 0 spiro atoms. The van der Waals surface area contributed by atoms with Gasteiger partial charge in [-0.1, -0.05) is 51.1 Å². The molecule has 2 rings (SSSR count). The number of amides is 1. The molecule has 2 aromatic rings. The smallest absolute Gasteiger partial charge is 0.410 e. The number of aliphatic carboxylic acids is 1. The Morgan fingerprint density at radius 1 is 1.27 bits per heavy atom. The Morgan fingerprint density at radius 3 is 2.42 bits per heavy atom. The zero-order valence-electron chi connectivity index (χ0n) is 15.8. The Hall–Kier alpha value is -2.83. The quantitative estimate of drug-likeness (QED) is 0.887. The maximum atomic E-state index is 12.4. The minimum Gasteiger partial charge on any atom is -0.479 e. The number of hydrogen-bond acceptors (Lipinski definition) is 4. The number of benzene rings is 1. The Balaban J connectivity index is 2.24. The molecule has 1 N–H and O–H groups in total. The summed E-state index contributed by atoms with van der Waals surface area (Å²) in [7, 11) is 3.15. The molecular weight excluding hydrogens is 334 g/mol. The molecule has 1 amide bonds. The zero-order valence-corrected chi connectivity index (χ0v) is 15.8. The van der Waals surface area contributed by atoms with Crippen molar-refractivity contribution in [1.82, 2.24) is 14.7 Å². The zero-order chi connectivity index (χ0) is 19.5. The lowest BCUT2D eigenvalue weighted by Gasteiger charge is -2.26. The summed E-state index contributed by atoms with van der Waals surface area (Å²) in [5.41, 5.74) is 1.58. The molecule has 0 fully saturated rings. The first-order chi connectivity index (χ1) is 12.1. The SMILES string of the molecule is CN(C(=O)OCc1ccccc1)C(C(=O)O)c1cn(C)nc1C(C)(C)C. The van der Waals surface area contributed by atoms with E-state index in [1.807, 2.05) is 51.1 Å². The van der Waals surface area contributed by atoms with Crippen LogP contribution in [0.15, 0.2) is 36.5 Å². The van der Waals surface area contributed by atoms with E-state index in [1.54, 1.807) is 17.9 Å². The van der Waals surface area contributed by atoms with Crippen molar-refractivity contribution < 1.29 is 19.4 Å². The Labute approximate surface area is 153 Å². The number of ether oxygens (including phenoxy) is 1. The van der Waals surface area contributed by atoms with Crippen molar-refractivity contribution in [3.63, 3.8) is 0 Å². The van der Waals surface area contributed by atoms with Crippen LogP contribution in [0.1, 0.15) is 43.6 Å². The average molecular weight is 359 g/mol. The van der Waals surface area contributed by atoms with Gasteiger partial charge in [-0.2, -0.15) is 5.10 Å². The highest BCUT2D eigenvalue weighted by Crippen LogP contribution is 2.31. The van der Waals surface area contributed by atoms with E-state index in [2.05, 4.69) is 5.10 Å². The summed E-state index contributed by atoms with van der Waals surface area (Å²) in [5, 5.41) is 14.1. The molecule has 0 aliphatic carbocycles. The van der Waals surface area contributed by atoms with Crippen LogP contribution in [0.4, 0.5) is 4.79 Å². The third-order valence-electron chi connectivity index (χ3n) is 3.98. The minimum absolute atomic E-state index is 0.0789. The summed E-state index contributed by atoms with van der Waals surface area (Å²) >= 11 is 0. The first kappa shape index (κ1) is 19.5. The molecule has 1 atom stereocenters. The number of rotatable bonds is 5. The van der Waals surface area contributed by atoms with Crippen LogP contribution in [0.2, 0.25) is 0 Å². The van der Waals surface area contributed by atoms with E-state index in [0.717, 1.165) is 10.5 Å². The van der Waals surface area contributed by atoms with Gasteiger partial charge in [0.1, 0.15) is 6.61 Å². The van der Waals surface area contributed by atoms with Gasteiger partial charge < -0.3 is 9.84 Å². The second kappa shape index (κ2) is 7.59. The van der Waals surface area contributed by atoms with Gasteiger partial charge >= 0.3 is 12.1 Å². The van der Waals surface area contributed by atoms with Crippen LogP contribution in [-0.2, 0) is 28.6 Å². The van der Waals surface area contributed by atoms with Gasteiger partial charge in [-0.3, -0.25) is 9.58 Å². The normalized spacial score (nSPS) is 12.5. The van der Waals surface area contributed by atoms with Crippen molar-refractivity contribution in [2.75, 3.05) is 7.05 Å². The second-order valence-corrected chi connectivity index (χ2v) is 7.25. The summed E-state index contributed by atoms with van der Waals surface area (Å²) in [6, 6.07) is 8.05. The van der Waals surface area contributed by atoms with Crippen LogP contribution in [-0.4, -0.2) is 38.9 Å². The highest BCUT2D eigenvalue weighted by atomic mass is 16.6. The maximum absolute atomic E-state index is 12.4. The van der Waals surface area contributed by atoms with E-state index >= 15 is 0 Å². The third kappa shape index (κ3) is 4.41. The number of aromatic nitrogens is 2. The molecule has 1 unspecified atom stereocenters. The fraction of sp³-hybridized carbons (Fsp3) is 0.421. The largest absolute Gasteiger partial charge is 0.479 e. The molecule has 0 bridgehead atoms. The molecule has 26 heavy (non-hydrogen) atoms. The van der Waals surface area contributed by atoms with E-state index in [-0.39, 0.29) is 12.0 Å².